The van der Waals surface area contributed by atoms with Crippen molar-refractivity contribution < 1.29 is 0 Å². The van der Waals surface area contributed by atoms with Crippen molar-refractivity contribution in [2.75, 3.05) is 0 Å². The zero-order chi connectivity index (χ0) is 19.1. The van der Waals surface area contributed by atoms with Crippen molar-refractivity contribution in [3.8, 4) is 0 Å². The van der Waals surface area contributed by atoms with E-state index in [1.165, 1.54) is 0 Å². The van der Waals surface area contributed by atoms with Crippen LogP contribution in [-0.2, 0) is 0 Å². The van der Waals surface area contributed by atoms with Crippen LogP contribution in [0, 0.1) is 0 Å². The molecular weight excluding hydrogens is 391 g/mol. The Hall–Kier alpha value is -3.08. The molecular formula is C22H14Cl2N4. The summed E-state index contributed by atoms with van der Waals surface area (Å²) in [6.07, 6.45) is 3.55. The predicted molar refractivity (Wildman–Crippen MR) is 117 cm³/mol. The molecule has 0 atom stereocenters. The maximum absolute atomic E-state index is 5.94. The normalized spacial score (nSPS) is 11.2. The summed E-state index contributed by atoms with van der Waals surface area (Å²) in [7, 11) is 0. The number of nitrogens with zero attached hydrogens (tertiary/aromatic N) is 2. The summed E-state index contributed by atoms with van der Waals surface area (Å²) in [6, 6.07) is 19.5. The summed E-state index contributed by atoms with van der Waals surface area (Å²) < 4.78 is 0. The number of H-pyrrole nitrogens is 2. The van der Waals surface area contributed by atoms with E-state index >= 15 is 0 Å². The van der Waals surface area contributed by atoms with Crippen molar-refractivity contribution in [3.05, 3.63) is 83.1 Å². The number of nitrogens with one attached hydrogen (secondary N) is 2. The summed E-state index contributed by atoms with van der Waals surface area (Å²) in [5, 5.41) is 5.99. The molecule has 0 aliphatic rings. The third-order valence-corrected chi connectivity index (χ3v) is 5.14. The maximum atomic E-state index is 5.94. The maximum Gasteiger partial charge on any atom is 0.138 e. The standard InChI is InChI=1S/2C11H7ClN2/c2*12-7-3-4-10-9(6-7)8-2-1-5-13-11(8)14-10/h2*1-6H,(H,13,14). The van der Waals surface area contributed by atoms with E-state index in [2.05, 4.69) is 19.9 Å². The molecule has 6 aromatic rings. The van der Waals surface area contributed by atoms with Crippen LogP contribution >= 0.6 is 23.2 Å². The lowest BCUT2D eigenvalue weighted by Crippen LogP contribution is -1.71. The number of hydrogen-bond acceptors (Lipinski definition) is 2. The minimum atomic E-state index is 0.752. The smallest absolute Gasteiger partial charge is 0.138 e. The first kappa shape index (κ1) is 17.0. The van der Waals surface area contributed by atoms with E-state index in [9.17, 15) is 0 Å². The SMILES string of the molecule is Clc1ccc2[nH]c3ncccc3c2c1.Clc1ccc2[nH]c3ncccc3c2c1. The minimum absolute atomic E-state index is 0.752. The fraction of sp³-hybridized carbons (Fsp3) is 0. The van der Waals surface area contributed by atoms with Crippen LogP contribution in [-0.4, -0.2) is 19.9 Å². The van der Waals surface area contributed by atoms with Crippen molar-refractivity contribution in [2.24, 2.45) is 0 Å². The van der Waals surface area contributed by atoms with Gasteiger partial charge < -0.3 is 9.97 Å². The van der Waals surface area contributed by atoms with Crippen LogP contribution in [0.4, 0.5) is 0 Å². The number of benzene rings is 2. The molecule has 28 heavy (non-hydrogen) atoms. The van der Waals surface area contributed by atoms with Crippen molar-refractivity contribution in [1.82, 2.24) is 19.9 Å². The number of aromatic nitrogens is 4. The lowest BCUT2D eigenvalue weighted by Gasteiger charge is -1.90. The highest BCUT2D eigenvalue weighted by molar-refractivity contribution is 6.32. The van der Waals surface area contributed by atoms with Crippen LogP contribution in [0.3, 0.4) is 0 Å². The Balaban J connectivity index is 0.000000122. The van der Waals surface area contributed by atoms with E-state index in [1.807, 2.05) is 60.7 Å². The van der Waals surface area contributed by atoms with Gasteiger partial charge in [-0.15, -0.1) is 0 Å². The molecule has 0 saturated carbocycles. The molecule has 4 nitrogen and oxygen atoms in total. The molecule has 0 radical (unpaired) electrons. The molecule has 2 aromatic carbocycles. The first-order valence-corrected chi connectivity index (χ1v) is 9.48. The van der Waals surface area contributed by atoms with Gasteiger partial charge in [-0.3, -0.25) is 0 Å². The van der Waals surface area contributed by atoms with Gasteiger partial charge in [0.25, 0.3) is 0 Å². The van der Waals surface area contributed by atoms with Crippen LogP contribution in [0.2, 0.25) is 10.0 Å². The molecule has 2 N–H and O–H groups in total. The summed E-state index contributed by atoms with van der Waals surface area (Å²) in [4.78, 5) is 15.0. The van der Waals surface area contributed by atoms with Gasteiger partial charge in [-0.05, 0) is 60.7 Å². The summed E-state index contributed by atoms with van der Waals surface area (Å²) in [5.74, 6) is 0. The van der Waals surface area contributed by atoms with Gasteiger partial charge in [0.15, 0.2) is 0 Å². The van der Waals surface area contributed by atoms with E-state index in [4.69, 9.17) is 23.2 Å². The molecule has 4 aromatic heterocycles. The highest BCUT2D eigenvalue weighted by atomic mass is 35.5. The molecule has 6 rings (SSSR count). The molecule has 6 heteroatoms. The average Bonchev–Trinajstić information content (AvgIpc) is 3.26. The Labute approximate surface area is 170 Å². The topological polar surface area (TPSA) is 57.4 Å². The Bertz CT molecular complexity index is 1340. The molecule has 136 valence electrons. The van der Waals surface area contributed by atoms with E-state index < -0.39 is 0 Å². The molecule has 0 fully saturated rings. The second-order valence-electron chi connectivity index (χ2n) is 6.43. The minimum Gasteiger partial charge on any atom is -0.339 e. The molecule has 0 amide bonds. The van der Waals surface area contributed by atoms with Gasteiger partial charge in [0.1, 0.15) is 11.3 Å². The largest absolute Gasteiger partial charge is 0.339 e. The van der Waals surface area contributed by atoms with E-state index in [0.717, 1.165) is 53.9 Å². The van der Waals surface area contributed by atoms with Crippen molar-refractivity contribution in [3.63, 3.8) is 0 Å². The molecule has 0 aliphatic heterocycles. The van der Waals surface area contributed by atoms with Crippen LogP contribution < -0.4 is 0 Å². The number of pyridine rings is 2. The Morgan fingerprint density at radius 1 is 0.571 bits per heavy atom. The summed E-state index contributed by atoms with van der Waals surface area (Å²) in [6.45, 7) is 0. The fourth-order valence-electron chi connectivity index (χ4n) is 3.40. The van der Waals surface area contributed by atoms with Gasteiger partial charge in [-0.2, -0.15) is 0 Å². The first-order valence-electron chi connectivity index (χ1n) is 8.73. The number of aromatic amines is 2. The van der Waals surface area contributed by atoms with Crippen molar-refractivity contribution in [1.29, 1.82) is 0 Å². The zero-order valence-corrected chi connectivity index (χ0v) is 16.1. The van der Waals surface area contributed by atoms with Gasteiger partial charge in [-0.25, -0.2) is 9.97 Å². The lowest BCUT2D eigenvalue weighted by molar-refractivity contribution is 1.35. The second kappa shape index (κ2) is 6.82. The Kier molecular flexibility index (Phi) is 4.15. The molecule has 0 unspecified atom stereocenters. The lowest BCUT2D eigenvalue weighted by atomic mass is 10.2. The second-order valence-corrected chi connectivity index (χ2v) is 7.30. The van der Waals surface area contributed by atoms with Crippen molar-refractivity contribution >= 4 is 67.1 Å². The average molecular weight is 405 g/mol. The van der Waals surface area contributed by atoms with Crippen molar-refractivity contribution in [2.45, 2.75) is 0 Å². The highest BCUT2D eigenvalue weighted by Gasteiger charge is 2.04. The van der Waals surface area contributed by atoms with Crippen LogP contribution in [0.1, 0.15) is 0 Å². The number of hydrogen-bond donors (Lipinski definition) is 2. The zero-order valence-electron chi connectivity index (χ0n) is 14.6. The van der Waals surface area contributed by atoms with E-state index in [-0.39, 0.29) is 0 Å². The first-order chi connectivity index (χ1) is 13.7. The fourth-order valence-corrected chi connectivity index (χ4v) is 3.74. The van der Waals surface area contributed by atoms with Gasteiger partial charge in [-0.1, -0.05) is 23.2 Å². The molecule has 0 spiro atoms. The quantitative estimate of drug-likeness (QED) is 0.294. The number of fused-ring (bicyclic) bond motifs is 6. The van der Waals surface area contributed by atoms with E-state index in [1.54, 1.807) is 12.4 Å². The third kappa shape index (κ3) is 2.97. The summed E-state index contributed by atoms with van der Waals surface area (Å²) in [5.41, 5.74) is 3.96. The highest BCUT2D eigenvalue weighted by Crippen LogP contribution is 2.27. The number of rotatable bonds is 0. The van der Waals surface area contributed by atoms with Gasteiger partial charge >= 0.3 is 0 Å². The number of halogens is 2. The van der Waals surface area contributed by atoms with Crippen LogP contribution in [0.15, 0.2) is 73.1 Å². The Morgan fingerprint density at radius 3 is 1.50 bits per heavy atom. The predicted octanol–water partition coefficient (Wildman–Crippen LogP) is 6.74. The molecule has 0 saturated heterocycles. The molecule has 0 bridgehead atoms. The van der Waals surface area contributed by atoms with Gasteiger partial charge in [0, 0.05) is 55.0 Å². The van der Waals surface area contributed by atoms with Gasteiger partial charge in [0.05, 0.1) is 0 Å². The Morgan fingerprint density at radius 2 is 1.04 bits per heavy atom. The summed E-state index contributed by atoms with van der Waals surface area (Å²) >= 11 is 11.9. The van der Waals surface area contributed by atoms with Crippen LogP contribution in [0.5, 0.6) is 0 Å². The van der Waals surface area contributed by atoms with Gasteiger partial charge in [0.2, 0.25) is 0 Å². The third-order valence-electron chi connectivity index (χ3n) is 4.67. The van der Waals surface area contributed by atoms with E-state index in [0.29, 0.717) is 0 Å². The molecule has 4 heterocycles. The monoisotopic (exact) mass is 404 g/mol. The molecule has 0 aliphatic carbocycles. The van der Waals surface area contributed by atoms with Crippen LogP contribution in [0.25, 0.3) is 43.9 Å².